The minimum absolute atomic E-state index is 0.293. The van der Waals surface area contributed by atoms with Crippen LogP contribution in [0.25, 0.3) is 0 Å². The molecule has 0 spiro atoms. The third-order valence-electron chi connectivity index (χ3n) is 4.67. The topological polar surface area (TPSA) is 17.1 Å². The summed E-state index contributed by atoms with van der Waals surface area (Å²) < 4.78 is 0. The standard InChI is InChI=1S/C14H22O/c1-3-6-11-12-7-4-5-9-14(12,2)10-8-13(11)15/h3,11-12H,1,4-10H2,2H3/t11-,12?,14+/m1/s1. The van der Waals surface area contributed by atoms with Crippen molar-refractivity contribution >= 4 is 5.78 Å². The second-order valence-electron chi connectivity index (χ2n) is 5.60. The monoisotopic (exact) mass is 206 g/mol. The first kappa shape index (κ1) is 10.9. The SMILES string of the molecule is C=CC[C@H]1C(=O)CC[C@]2(C)CCCCC12. The van der Waals surface area contributed by atoms with E-state index in [0.717, 1.165) is 19.3 Å². The second kappa shape index (κ2) is 4.11. The van der Waals surface area contributed by atoms with Crippen molar-refractivity contribution in [3.63, 3.8) is 0 Å². The summed E-state index contributed by atoms with van der Waals surface area (Å²) in [6, 6.07) is 0. The molecule has 0 aromatic rings. The molecule has 0 bridgehead atoms. The van der Waals surface area contributed by atoms with Gasteiger partial charge in [0.1, 0.15) is 5.78 Å². The van der Waals surface area contributed by atoms with Crippen LogP contribution in [0.5, 0.6) is 0 Å². The van der Waals surface area contributed by atoms with Crippen LogP contribution in [0.4, 0.5) is 0 Å². The van der Waals surface area contributed by atoms with Crippen LogP contribution >= 0.6 is 0 Å². The Balaban J connectivity index is 2.19. The molecule has 2 aliphatic rings. The highest BCUT2D eigenvalue weighted by atomic mass is 16.1. The molecule has 0 N–H and O–H groups in total. The molecule has 84 valence electrons. The van der Waals surface area contributed by atoms with Gasteiger partial charge in [-0.25, -0.2) is 0 Å². The zero-order chi connectivity index (χ0) is 10.9. The van der Waals surface area contributed by atoms with Gasteiger partial charge < -0.3 is 0 Å². The van der Waals surface area contributed by atoms with Crippen LogP contribution in [-0.4, -0.2) is 5.78 Å². The molecule has 2 saturated carbocycles. The fourth-order valence-corrected chi connectivity index (χ4v) is 3.72. The minimum Gasteiger partial charge on any atom is -0.299 e. The van der Waals surface area contributed by atoms with Gasteiger partial charge in [0.2, 0.25) is 0 Å². The highest BCUT2D eigenvalue weighted by Gasteiger charge is 2.46. The normalized spacial score (nSPS) is 41.0. The van der Waals surface area contributed by atoms with Crippen LogP contribution in [0, 0.1) is 17.3 Å². The number of rotatable bonds is 2. The molecule has 2 fully saturated rings. The van der Waals surface area contributed by atoms with Crippen molar-refractivity contribution in [3.05, 3.63) is 12.7 Å². The predicted octanol–water partition coefficient (Wildman–Crippen LogP) is 3.74. The first-order valence-electron chi connectivity index (χ1n) is 6.31. The van der Waals surface area contributed by atoms with Gasteiger partial charge in [-0.2, -0.15) is 0 Å². The summed E-state index contributed by atoms with van der Waals surface area (Å²) in [5.41, 5.74) is 0.458. The predicted molar refractivity (Wildman–Crippen MR) is 62.6 cm³/mol. The molecule has 0 aromatic heterocycles. The van der Waals surface area contributed by atoms with Gasteiger partial charge in [-0.15, -0.1) is 6.58 Å². The van der Waals surface area contributed by atoms with Crippen LogP contribution in [0.3, 0.4) is 0 Å². The van der Waals surface area contributed by atoms with Crippen LogP contribution in [0.15, 0.2) is 12.7 Å². The average molecular weight is 206 g/mol. The number of carbonyl (C=O) groups is 1. The van der Waals surface area contributed by atoms with Gasteiger partial charge in [0, 0.05) is 12.3 Å². The van der Waals surface area contributed by atoms with Gasteiger partial charge in [0.05, 0.1) is 0 Å². The number of allylic oxidation sites excluding steroid dienone is 1. The van der Waals surface area contributed by atoms with Crippen LogP contribution in [-0.2, 0) is 4.79 Å². The van der Waals surface area contributed by atoms with Crippen LogP contribution in [0.2, 0.25) is 0 Å². The van der Waals surface area contributed by atoms with Crippen molar-refractivity contribution in [2.75, 3.05) is 0 Å². The molecule has 0 heterocycles. The summed E-state index contributed by atoms with van der Waals surface area (Å²) in [7, 11) is 0. The van der Waals surface area contributed by atoms with Crippen molar-refractivity contribution in [1.82, 2.24) is 0 Å². The van der Waals surface area contributed by atoms with Crippen LogP contribution in [0.1, 0.15) is 51.9 Å². The number of carbonyl (C=O) groups excluding carboxylic acids is 1. The lowest BCUT2D eigenvalue weighted by atomic mass is 9.56. The van der Waals surface area contributed by atoms with Gasteiger partial charge in [-0.3, -0.25) is 4.79 Å². The molecule has 2 rings (SSSR count). The van der Waals surface area contributed by atoms with Gasteiger partial charge in [0.25, 0.3) is 0 Å². The van der Waals surface area contributed by atoms with E-state index in [2.05, 4.69) is 13.5 Å². The van der Waals surface area contributed by atoms with E-state index < -0.39 is 0 Å². The molecule has 0 saturated heterocycles. The van der Waals surface area contributed by atoms with Crippen molar-refractivity contribution in [1.29, 1.82) is 0 Å². The van der Waals surface area contributed by atoms with Crippen molar-refractivity contribution in [2.24, 2.45) is 17.3 Å². The van der Waals surface area contributed by atoms with E-state index in [-0.39, 0.29) is 0 Å². The zero-order valence-corrected chi connectivity index (χ0v) is 9.80. The molecule has 0 radical (unpaired) electrons. The second-order valence-corrected chi connectivity index (χ2v) is 5.60. The van der Waals surface area contributed by atoms with E-state index in [9.17, 15) is 4.79 Å². The largest absolute Gasteiger partial charge is 0.299 e. The Hall–Kier alpha value is -0.590. The molecular weight excluding hydrogens is 184 g/mol. The lowest BCUT2D eigenvalue weighted by Crippen LogP contribution is -2.43. The number of hydrogen-bond acceptors (Lipinski definition) is 1. The summed E-state index contributed by atoms with van der Waals surface area (Å²) in [5.74, 6) is 1.44. The zero-order valence-electron chi connectivity index (χ0n) is 9.80. The van der Waals surface area contributed by atoms with Gasteiger partial charge >= 0.3 is 0 Å². The molecular formula is C14H22O. The highest BCUT2D eigenvalue weighted by Crippen LogP contribution is 2.52. The minimum atomic E-state index is 0.293. The Morgan fingerprint density at radius 3 is 3.00 bits per heavy atom. The maximum absolute atomic E-state index is 11.9. The number of Topliss-reactive ketones (excluding diaryl/α,β-unsaturated/α-hetero) is 1. The smallest absolute Gasteiger partial charge is 0.136 e. The summed E-state index contributed by atoms with van der Waals surface area (Å²) >= 11 is 0. The number of hydrogen-bond donors (Lipinski definition) is 0. The molecule has 3 atom stereocenters. The fraction of sp³-hybridized carbons (Fsp3) is 0.786. The third-order valence-corrected chi connectivity index (χ3v) is 4.67. The summed E-state index contributed by atoms with van der Waals surface area (Å²) in [6.45, 7) is 6.20. The van der Waals surface area contributed by atoms with Gasteiger partial charge in [-0.1, -0.05) is 25.8 Å². The van der Waals surface area contributed by atoms with Gasteiger partial charge in [-0.05, 0) is 37.0 Å². The third kappa shape index (κ3) is 1.89. The lowest BCUT2D eigenvalue weighted by molar-refractivity contribution is -0.133. The Bertz CT molecular complexity index is 269. The number of ketones is 1. The quantitative estimate of drug-likeness (QED) is 0.629. The van der Waals surface area contributed by atoms with E-state index >= 15 is 0 Å². The molecule has 0 amide bonds. The Labute approximate surface area is 92.9 Å². The van der Waals surface area contributed by atoms with Crippen LogP contribution < -0.4 is 0 Å². The molecule has 0 aromatic carbocycles. The van der Waals surface area contributed by atoms with E-state index in [0.29, 0.717) is 23.0 Å². The van der Waals surface area contributed by atoms with Gasteiger partial charge in [0.15, 0.2) is 0 Å². The van der Waals surface area contributed by atoms with Crippen molar-refractivity contribution in [3.8, 4) is 0 Å². The van der Waals surface area contributed by atoms with Crippen molar-refractivity contribution in [2.45, 2.75) is 51.9 Å². The molecule has 1 unspecified atom stereocenters. The first-order chi connectivity index (χ1) is 7.17. The highest BCUT2D eigenvalue weighted by molar-refractivity contribution is 5.82. The fourth-order valence-electron chi connectivity index (χ4n) is 3.72. The summed E-state index contributed by atoms with van der Waals surface area (Å²) in [6.07, 6.45) is 10.1. The summed E-state index contributed by atoms with van der Waals surface area (Å²) in [5, 5.41) is 0. The molecule has 1 heteroatoms. The van der Waals surface area contributed by atoms with E-state index in [4.69, 9.17) is 0 Å². The van der Waals surface area contributed by atoms with E-state index in [1.165, 1.54) is 25.7 Å². The molecule has 2 aliphatic carbocycles. The summed E-state index contributed by atoms with van der Waals surface area (Å²) in [4.78, 5) is 11.9. The Kier molecular flexibility index (Phi) is 2.99. The lowest BCUT2D eigenvalue weighted by Gasteiger charge is -2.48. The Morgan fingerprint density at radius 2 is 2.27 bits per heavy atom. The molecule has 1 nitrogen and oxygen atoms in total. The van der Waals surface area contributed by atoms with E-state index in [1.54, 1.807) is 0 Å². The van der Waals surface area contributed by atoms with E-state index in [1.807, 2.05) is 6.08 Å². The maximum Gasteiger partial charge on any atom is 0.136 e. The first-order valence-corrected chi connectivity index (χ1v) is 6.31. The molecule has 0 aliphatic heterocycles. The number of fused-ring (bicyclic) bond motifs is 1. The Morgan fingerprint density at radius 1 is 1.47 bits per heavy atom. The van der Waals surface area contributed by atoms with Crippen molar-refractivity contribution < 1.29 is 4.79 Å². The maximum atomic E-state index is 11.9. The molecule has 15 heavy (non-hydrogen) atoms. The average Bonchev–Trinajstić information content (AvgIpc) is 2.23.